The van der Waals surface area contributed by atoms with E-state index in [9.17, 15) is 4.79 Å². The van der Waals surface area contributed by atoms with Gasteiger partial charge < -0.3 is 4.74 Å². The number of Topliss-reactive ketones (excluding diaryl/α,β-unsaturated/α-hetero) is 1. The van der Waals surface area contributed by atoms with Crippen LogP contribution in [0.4, 0.5) is 0 Å². The molecule has 3 nitrogen and oxygen atoms in total. The number of hydrogen-bond acceptors (Lipinski definition) is 3. The van der Waals surface area contributed by atoms with Crippen LogP contribution in [0.15, 0.2) is 11.6 Å². The van der Waals surface area contributed by atoms with Crippen LogP contribution >= 0.6 is 0 Å². The van der Waals surface area contributed by atoms with Crippen molar-refractivity contribution >= 4 is 5.78 Å². The van der Waals surface area contributed by atoms with Crippen molar-refractivity contribution < 1.29 is 9.53 Å². The molecule has 0 bridgehead atoms. The maximum absolute atomic E-state index is 12.4. The van der Waals surface area contributed by atoms with Crippen molar-refractivity contribution in [2.24, 2.45) is 34.5 Å². The van der Waals surface area contributed by atoms with Gasteiger partial charge in [0.2, 0.25) is 0 Å². The minimum absolute atomic E-state index is 0.189. The number of hydrogen-bond donors (Lipinski definition) is 0. The molecule has 4 rings (SSSR count). The normalized spacial score (nSPS) is 50.7. The first-order chi connectivity index (χ1) is 11.9. The fourth-order valence-corrected chi connectivity index (χ4v) is 7.45. The van der Waals surface area contributed by atoms with Gasteiger partial charge in [0.15, 0.2) is 5.78 Å². The molecular weight excluding hydrogens is 310 g/mol. The lowest BCUT2D eigenvalue weighted by Gasteiger charge is -2.60. The zero-order valence-corrected chi connectivity index (χ0v) is 15.9. The molecule has 4 fully saturated rings. The second-order valence-electron chi connectivity index (χ2n) is 9.55. The number of nitrogens with zero attached hydrogens (tertiary/aromatic N) is 1. The Morgan fingerprint density at radius 3 is 2.72 bits per heavy atom. The fourth-order valence-electron chi connectivity index (χ4n) is 7.45. The van der Waals surface area contributed by atoms with Crippen LogP contribution in [0.2, 0.25) is 0 Å². The Hall–Kier alpha value is -1.14. The number of methoxy groups -OCH3 is 1. The zero-order chi connectivity index (χ0) is 17.8. The van der Waals surface area contributed by atoms with E-state index in [1.807, 2.05) is 6.08 Å². The first-order valence-electron chi connectivity index (χ1n) is 10.1. The van der Waals surface area contributed by atoms with Crippen LogP contribution < -0.4 is 0 Å². The third-order valence-corrected chi connectivity index (χ3v) is 8.87. The number of carbonyl (C=O) groups is 1. The minimum atomic E-state index is -0.189. The molecule has 0 N–H and O–H groups in total. The van der Waals surface area contributed by atoms with Crippen molar-refractivity contribution in [3.05, 3.63) is 11.6 Å². The third kappa shape index (κ3) is 2.36. The molecule has 0 amide bonds. The van der Waals surface area contributed by atoms with E-state index in [-0.39, 0.29) is 16.9 Å². The highest BCUT2D eigenvalue weighted by Crippen LogP contribution is 2.67. The van der Waals surface area contributed by atoms with Gasteiger partial charge in [-0.3, -0.25) is 4.79 Å². The fraction of sp³-hybridized carbons (Fsp3) is 0.818. The first-order valence-corrected chi connectivity index (χ1v) is 10.1. The summed E-state index contributed by atoms with van der Waals surface area (Å²) in [5.41, 5.74) is 1.89. The summed E-state index contributed by atoms with van der Waals surface area (Å²) in [5, 5.41) is 9.17. The maximum Gasteiger partial charge on any atom is 0.161 e. The highest BCUT2D eigenvalue weighted by Gasteiger charge is 2.60. The maximum atomic E-state index is 12.4. The van der Waals surface area contributed by atoms with Crippen LogP contribution in [-0.2, 0) is 9.53 Å². The molecule has 0 aromatic rings. The van der Waals surface area contributed by atoms with Crippen LogP contribution in [0.25, 0.3) is 0 Å². The average molecular weight is 341 g/mol. The Morgan fingerprint density at radius 1 is 1.20 bits per heavy atom. The predicted molar refractivity (Wildman–Crippen MR) is 96.6 cm³/mol. The molecule has 4 saturated carbocycles. The molecule has 4 aliphatic rings. The molecule has 4 aliphatic carbocycles. The number of fused-ring (bicyclic) bond motifs is 5. The molecule has 0 saturated heterocycles. The van der Waals surface area contributed by atoms with Crippen LogP contribution in [0.5, 0.6) is 0 Å². The number of rotatable bonds is 1. The lowest BCUT2D eigenvalue weighted by atomic mass is 9.45. The van der Waals surface area contributed by atoms with Crippen molar-refractivity contribution in [3.63, 3.8) is 0 Å². The van der Waals surface area contributed by atoms with E-state index in [1.54, 1.807) is 7.11 Å². The summed E-state index contributed by atoms with van der Waals surface area (Å²) in [7, 11) is 1.69. The predicted octanol–water partition coefficient (Wildman–Crippen LogP) is 4.67. The number of allylic oxidation sites excluding steroid dienone is 2. The number of carbonyl (C=O) groups excluding carboxylic acids is 1. The molecule has 0 heterocycles. The monoisotopic (exact) mass is 341 g/mol. The number of ketones is 1. The Labute approximate surface area is 151 Å². The molecule has 7 atom stereocenters. The van der Waals surface area contributed by atoms with E-state index in [0.717, 1.165) is 37.0 Å². The van der Waals surface area contributed by atoms with Crippen LogP contribution in [0.1, 0.15) is 65.2 Å². The number of nitriles is 1. The molecule has 3 heteroatoms. The quantitative estimate of drug-likeness (QED) is 0.651. The van der Waals surface area contributed by atoms with E-state index in [1.165, 1.54) is 37.7 Å². The largest absolute Gasteiger partial charge is 0.374 e. The summed E-state index contributed by atoms with van der Waals surface area (Å²) in [5.74, 6) is 3.07. The van der Waals surface area contributed by atoms with Crippen molar-refractivity contribution in [2.75, 3.05) is 7.11 Å². The van der Waals surface area contributed by atoms with Crippen molar-refractivity contribution in [3.8, 4) is 6.07 Å². The van der Waals surface area contributed by atoms with Gasteiger partial charge in [-0.25, -0.2) is 0 Å². The van der Waals surface area contributed by atoms with Gasteiger partial charge in [0, 0.05) is 19.6 Å². The molecule has 0 unspecified atom stereocenters. The Bertz CT molecular complexity index is 647. The second kappa shape index (κ2) is 5.95. The molecule has 0 spiro atoms. The molecule has 136 valence electrons. The van der Waals surface area contributed by atoms with Gasteiger partial charge in [-0.15, -0.1) is 0 Å². The molecule has 0 radical (unpaired) electrons. The highest BCUT2D eigenvalue weighted by molar-refractivity contribution is 5.84. The zero-order valence-electron chi connectivity index (χ0n) is 15.9. The third-order valence-electron chi connectivity index (χ3n) is 8.87. The topological polar surface area (TPSA) is 50.1 Å². The molecule has 25 heavy (non-hydrogen) atoms. The first kappa shape index (κ1) is 17.3. The van der Waals surface area contributed by atoms with Gasteiger partial charge in [-0.05, 0) is 79.4 Å². The Morgan fingerprint density at radius 2 is 2.00 bits per heavy atom. The number of ether oxygens (including phenoxy) is 1. The summed E-state index contributed by atoms with van der Waals surface area (Å²) in [6.45, 7) is 4.87. The second-order valence-corrected chi connectivity index (χ2v) is 9.55. The molecule has 0 aliphatic heterocycles. The van der Waals surface area contributed by atoms with Gasteiger partial charge in [0.05, 0.1) is 6.07 Å². The van der Waals surface area contributed by atoms with Gasteiger partial charge in [0.1, 0.15) is 6.10 Å². The lowest BCUT2D eigenvalue weighted by molar-refractivity contribution is -0.155. The summed E-state index contributed by atoms with van der Waals surface area (Å²) in [4.78, 5) is 12.4. The van der Waals surface area contributed by atoms with E-state index in [2.05, 4.69) is 19.9 Å². The van der Waals surface area contributed by atoms with Crippen molar-refractivity contribution in [2.45, 2.75) is 71.3 Å². The van der Waals surface area contributed by atoms with Gasteiger partial charge in [-0.1, -0.05) is 19.4 Å². The van der Waals surface area contributed by atoms with Crippen molar-refractivity contribution in [1.29, 1.82) is 5.26 Å². The van der Waals surface area contributed by atoms with E-state index >= 15 is 0 Å². The summed E-state index contributed by atoms with van der Waals surface area (Å²) in [6, 6.07) is 2.29. The average Bonchev–Trinajstić information content (AvgIpc) is 2.92. The smallest absolute Gasteiger partial charge is 0.161 e. The highest BCUT2D eigenvalue weighted by atomic mass is 16.5. The van der Waals surface area contributed by atoms with Crippen LogP contribution in [0, 0.1) is 45.8 Å². The molecular formula is C22H31NO2. The minimum Gasteiger partial charge on any atom is -0.374 e. The van der Waals surface area contributed by atoms with Gasteiger partial charge >= 0.3 is 0 Å². The van der Waals surface area contributed by atoms with Crippen LogP contribution in [-0.4, -0.2) is 19.0 Å². The molecule has 0 aromatic carbocycles. The molecule has 0 aromatic heterocycles. The Balaban J connectivity index is 1.64. The van der Waals surface area contributed by atoms with Crippen LogP contribution in [0.3, 0.4) is 0 Å². The van der Waals surface area contributed by atoms with E-state index in [4.69, 9.17) is 10.00 Å². The van der Waals surface area contributed by atoms with Crippen molar-refractivity contribution in [1.82, 2.24) is 0 Å². The van der Waals surface area contributed by atoms with Gasteiger partial charge in [0.25, 0.3) is 0 Å². The SMILES string of the molecule is CO[C@H]1C[C@@]2(C)[C@@H](CC[C@@H]3[C@@H]2CC[C@]2(C)/C(=C\C#N)CC[C@@H]32)CC1=O. The summed E-state index contributed by atoms with van der Waals surface area (Å²) < 4.78 is 5.56. The Kier molecular flexibility index (Phi) is 4.11. The summed E-state index contributed by atoms with van der Waals surface area (Å²) >= 11 is 0. The standard InChI is InChI=1S/C22H31NO2/c1-21-10-8-18-16(17(21)7-5-14(21)9-11-23)6-4-15-12-19(24)20(25-3)13-22(15,18)2/h9,15-18,20H,4-8,10,12-13H2,1-3H3/b14-9-/t15-,16-,17-,18-,20-,21+,22-/m0/s1. The van der Waals surface area contributed by atoms with E-state index < -0.39 is 0 Å². The lowest BCUT2D eigenvalue weighted by Crippen LogP contribution is -2.55. The summed E-state index contributed by atoms with van der Waals surface area (Å²) in [6.07, 6.45) is 10.6. The van der Waals surface area contributed by atoms with Gasteiger partial charge in [-0.2, -0.15) is 5.26 Å². The van der Waals surface area contributed by atoms with E-state index in [0.29, 0.717) is 11.7 Å².